The van der Waals surface area contributed by atoms with E-state index in [1.54, 1.807) is 22.9 Å². The molecule has 7 nitrogen and oxygen atoms in total. The highest BCUT2D eigenvalue weighted by Gasteiger charge is 2.50. The number of hydrogen-bond donors (Lipinski definition) is 1. The number of nitrogens with one attached hydrogen (secondary N) is 1. The SMILES string of the molecule is CCn1c(CO[Si](c2ccccc2)(c2ccccc2)C(C)(C)C)nn(-c2ccc3c(=O)[nH]ccc3c2)c1=O. The summed E-state index contributed by atoms with van der Waals surface area (Å²) < 4.78 is 10.1. The first-order valence-corrected chi connectivity index (χ1v) is 14.7. The van der Waals surface area contributed by atoms with Crippen LogP contribution in [0.4, 0.5) is 0 Å². The van der Waals surface area contributed by atoms with Crippen LogP contribution in [-0.2, 0) is 17.6 Å². The average molecular weight is 525 g/mol. The van der Waals surface area contributed by atoms with Crippen molar-refractivity contribution >= 4 is 29.5 Å². The Kier molecular flexibility index (Phi) is 6.77. The molecular formula is C30H32N4O3Si. The van der Waals surface area contributed by atoms with E-state index in [0.29, 0.717) is 23.4 Å². The van der Waals surface area contributed by atoms with Gasteiger partial charge < -0.3 is 9.41 Å². The highest BCUT2D eigenvalue weighted by Crippen LogP contribution is 2.37. The van der Waals surface area contributed by atoms with Crippen LogP contribution in [0.15, 0.2) is 101 Å². The van der Waals surface area contributed by atoms with Gasteiger partial charge in [-0.3, -0.25) is 9.36 Å². The molecule has 0 aliphatic carbocycles. The molecule has 5 aromatic rings. The van der Waals surface area contributed by atoms with Crippen LogP contribution >= 0.6 is 0 Å². The van der Waals surface area contributed by atoms with Gasteiger partial charge in [0.25, 0.3) is 13.9 Å². The molecule has 0 unspecified atom stereocenters. The lowest BCUT2D eigenvalue weighted by molar-refractivity contribution is 0.270. The van der Waals surface area contributed by atoms with Crippen molar-refractivity contribution in [3.05, 3.63) is 118 Å². The molecule has 0 fully saturated rings. The number of hydrogen-bond acceptors (Lipinski definition) is 4. The molecule has 8 heteroatoms. The Labute approximate surface area is 222 Å². The number of nitrogens with zero attached hydrogens (tertiary/aromatic N) is 3. The van der Waals surface area contributed by atoms with Crippen LogP contribution in [0.5, 0.6) is 0 Å². The molecule has 1 N–H and O–H groups in total. The quantitative estimate of drug-likeness (QED) is 0.327. The summed E-state index contributed by atoms with van der Waals surface area (Å²) in [5.41, 5.74) is 0.199. The van der Waals surface area contributed by atoms with E-state index in [1.165, 1.54) is 15.1 Å². The molecule has 5 rings (SSSR count). The third-order valence-electron chi connectivity index (χ3n) is 7.09. The molecule has 0 saturated carbocycles. The first-order valence-electron chi connectivity index (χ1n) is 12.8. The second-order valence-corrected chi connectivity index (χ2v) is 14.7. The van der Waals surface area contributed by atoms with Crippen molar-refractivity contribution in [3.8, 4) is 5.69 Å². The smallest absolute Gasteiger partial charge is 0.350 e. The fourth-order valence-electron chi connectivity index (χ4n) is 5.28. The molecule has 194 valence electrons. The summed E-state index contributed by atoms with van der Waals surface area (Å²) in [6.07, 6.45) is 1.60. The summed E-state index contributed by atoms with van der Waals surface area (Å²) in [7, 11) is -2.80. The van der Waals surface area contributed by atoms with Gasteiger partial charge in [0, 0.05) is 18.1 Å². The van der Waals surface area contributed by atoms with Crippen molar-refractivity contribution in [2.24, 2.45) is 0 Å². The minimum atomic E-state index is -2.80. The predicted octanol–water partition coefficient (Wildman–Crippen LogP) is 3.97. The molecule has 2 heterocycles. The zero-order valence-electron chi connectivity index (χ0n) is 22.1. The van der Waals surface area contributed by atoms with E-state index < -0.39 is 8.32 Å². The fraction of sp³-hybridized carbons (Fsp3) is 0.233. The zero-order chi connectivity index (χ0) is 26.9. The molecule has 0 aliphatic heterocycles. The van der Waals surface area contributed by atoms with E-state index in [-0.39, 0.29) is 22.9 Å². The van der Waals surface area contributed by atoms with Gasteiger partial charge in [0.1, 0.15) is 0 Å². The van der Waals surface area contributed by atoms with Crippen molar-refractivity contribution in [1.82, 2.24) is 19.3 Å². The Balaban J connectivity index is 1.60. The maximum atomic E-state index is 13.4. The Hall–Kier alpha value is -4.01. The van der Waals surface area contributed by atoms with Crippen molar-refractivity contribution < 1.29 is 4.43 Å². The summed E-state index contributed by atoms with van der Waals surface area (Å²) in [6, 6.07) is 27.9. The summed E-state index contributed by atoms with van der Waals surface area (Å²) in [5.74, 6) is 0.566. The monoisotopic (exact) mass is 524 g/mol. The van der Waals surface area contributed by atoms with Gasteiger partial charge in [-0.05, 0) is 52.0 Å². The number of rotatable bonds is 7. The highest BCUT2D eigenvalue weighted by molar-refractivity contribution is 6.99. The zero-order valence-corrected chi connectivity index (χ0v) is 23.1. The standard InChI is InChI=1S/C30H32N4O3Si/c1-5-33-27(32-34(29(33)36)23-16-17-26-22(20-23)18-19-31-28(26)35)21-37-38(30(2,3)4,24-12-8-6-9-13-24)25-14-10-7-11-15-25/h6-20H,5,21H2,1-4H3,(H,31,35). The Morgan fingerprint density at radius 2 is 1.53 bits per heavy atom. The van der Waals surface area contributed by atoms with Gasteiger partial charge in [-0.1, -0.05) is 81.4 Å². The van der Waals surface area contributed by atoms with Gasteiger partial charge in [-0.15, -0.1) is 5.10 Å². The number of aromatic amines is 1. The van der Waals surface area contributed by atoms with Crippen LogP contribution in [0.3, 0.4) is 0 Å². The number of pyridine rings is 1. The van der Waals surface area contributed by atoms with Gasteiger partial charge in [-0.25, -0.2) is 4.79 Å². The van der Waals surface area contributed by atoms with E-state index in [4.69, 9.17) is 9.52 Å². The van der Waals surface area contributed by atoms with Crippen molar-refractivity contribution in [2.45, 2.75) is 45.9 Å². The molecule has 0 bridgehead atoms. The summed E-state index contributed by atoms with van der Waals surface area (Å²) >= 11 is 0. The Bertz CT molecular complexity index is 1640. The minimum Gasteiger partial charge on any atom is -0.400 e. The Morgan fingerprint density at radius 1 is 0.895 bits per heavy atom. The van der Waals surface area contributed by atoms with Crippen LogP contribution in [0.2, 0.25) is 5.04 Å². The van der Waals surface area contributed by atoms with Gasteiger partial charge in [-0.2, -0.15) is 4.68 Å². The minimum absolute atomic E-state index is 0.167. The second-order valence-electron chi connectivity index (χ2n) is 10.4. The number of H-pyrrole nitrogens is 1. The van der Waals surface area contributed by atoms with E-state index >= 15 is 0 Å². The number of aromatic nitrogens is 4. The van der Waals surface area contributed by atoms with Crippen molar-refractivity contribution in [2.75, 3.05) is 0 Å². The van der Waals surface area contributed by atoms with Crippen LogP contribution in [0, 0.1) is 0 Å². The lowest BCUT2D eigenvalue weighted by atomic mass is 10.1. The van der Waals surface area contributed by atoms with Crippen LogP contribution in [-0.4, -0.2) is 27.6 Å². The van der Waals surface area contributed by atoms with Crippen LogP contribution in [0.1, 0.15) is 33.5 Å². The fourth-order valence-corrected chi connectivity index (χ4v) is 9.78. The van der Waals surface area contributed by atoms with E-state index in [9.17, 15) is 9.59 Å². The molecule has 0 spiro atoms. The lowest BCUT2D eigenvalue weighted by Crippen LogP contribution is -2.66. The molecule has 38 heavy (non-hydrogen) atoms. The van der Waals surface area contributed by atoms with Crippen molar-refractivity contribution in [1.29, 1.82) is 0 Å². The maximum absolute atomic E-state index is 13.4. The molecule has 3 aromatic carbocycles. The predicted molar refractivity (Wildman–Crippen MR) is 154 cm³/mol. The summed E-state index contributed by atoms with van der Waals surface area (Å²) in [4.78, 5) is 28.3. The van der Waals surface area contributed by atoms with Gasteiger partial charge >= 0.3 is 5.69 Å². The third-order valence-corrected chi connectivity index (χ3v) is 12.1. The number of benzene rings is 3. The summed E-state index contributed by atoms with van der Waals surface area (Å²) in [6.45, 7) is 9.26. The van der Waals surface area contributed by atoms with Gasteiger partial charge in [0.05, 0.1) is 12.3 Å². The van der Waals surface area contributed by atoms with E-state index in [2.05, 4.69) is 74.3 Å². The number of fused-ring (bicyclic) bond motifs is 1. The Morgan fingerprint density at radius 3 is 2.11 bits per heavy atom. The van der Waals surface area contributed by atoms with Gasteiger partial charge in [0.2, 0.25) is 0 Å². The average Bonchev–Trinajstić information content (AvgIpc) is 3.24. The molecule has 0 atom stereocenters. The largest absolute Gasteiger partial charge is 0.400 e. The summed E-state index contributed by atoms with van der Waals surface area (Å²) in [5, 5.41) is 8.19. The topological polar surface area (TPSA) is 81.9 Å². The normalized spacial score (nSPS) is 12.2. The first-order chi connectivity index (χ1) is 18.3. The third kappa shape index (κ3) is 4.35. The molecule has 2 aromatic heterocycles. The van der Waals surface area contributed by atoms with Crippen LogP contribution in [0.25, 0.3) is 16.5 Å². The maximum Gasteiger partial charge on any atom is 0.350 e. The molecule has 0 saturated heterocycles. The molecule has 0 radical (unpaired) electrons. The van der Waals surface area contributed by atoms with Gasteiger partial charge in [0.15, 0.2) is 5.82 Å². The lowest BCUT2D eigenvalue weighted by Gasteiger charge is -2.42. The van der Waals surface area contributed by atoms with Crippen LogP contribution < -0.4 is 21.6 Å². The molecular weight excluding hydrogens is 492 g/mol. The highest BCUT2D eigenvalue weighted by atomic mass is 28.4. The molecule has 0 amide bonds. The second kappa shape index (κ2) is 10.0. The van der Waals surface area contributed by atoms with Crippen molar-refractivity contribution in [3.63, 3.8) is 0 Å². The van der Waals surface area contributed by atoms with E-state index in [1.807, 2.05) is 31.2 Å². The molecule has 0 aliphatic rings. The van der Waals surface area contributed by atoms with E-state index in [0.717, 1.165) is 5.39 Å². The first kappa shape index (κ1) is 25.6.